The van der Waals surface area contributed by atoms with Crippen LogP contribution in [-0.2, 0) is 4.74 Å². The Bertz CT molecular complexity index is 485. The predicted octanol–water partition coefficient (Wildman–Crippen LogP) is 4.09. The first kappa shape index (κ1) is 14.9. The molecule has 2 saturated heterocycles. The molecule has 0 bridgehead atoms. The molecule has 0 saturated carbocycles. The Morgan fingerprint density at radius 2 is 2.35 bits per heavy atom. The van der Waals surface area contributed by atoms with Crippen molar-refractivity contribution in [2.45, 2.75) is 37.9 Å². The number of benzene rings is 1. The lowest BCUT2D eigenvalue weighted by atomic mass is 9.79. The van der Waals surface area contributed by atoms with Gasteiger partial charge in [-0.15, -0.1) is 0 Å². The first-order chi connectivity index (χ1) is 9.61. The number of aliphatic hydroxyl groups is 1. The number of hydrogen-bond acceptors (Lipinski definition) is 3. The average molecular weight is 357 g/mol. The van der Waals surface area contributed by atoms with Gasteiger partial charge in [0.05, 0.1) is 11.7 Å². The molecule has 2 nitrogen and oxygen atoms in total. The standard InChI is InChI=1S/C16H21BrO2S/c1-11-13(3-2-4-14(11)17)15(18)12-5-7-19-16(9-12)6-8-20-10-16/h2-4,12,15,18H,5-10H2,1H3. The lowest BCUT2D eigenvalue weighted by molar-refractivity contribution is -0.102. The highest BCUT2D eigenvalue weighted by Crippen LogP contribution is 2.44. The molecule has 2 fully saturated rings. The molecule has 3 rings (SSSR count). The predicted molar refractivity (Wildman–Crippen MR) is 87.2 cm³/mol. The molecule has 20 heavy (non-hydrogen) atoms. The van der Waals surface area contributed by atoms with E-state index in [2.05, 4.69) is 28.9 Å². The molecule has 2 aliphatic heterocycles. The molecule has 110 valence electrons. The molecule has 2 aliphatic rings. The van der Waals surface area contributed by atoms with E-state index in [0.717, 1.165) is 47.2 Å². The van der Waals surface area contributed by atoms with Crippen molar-refractivity contribution in [2.24, 2.45) is 5.92 Å². The Morgan fingerprint density at radius 3 is 3.10 bits per heavy atom. The van der Waals surface area contributed by atoms with E-state index < -0.39 is 0 Å². The second-order valence-electron chi connectivity index (χ2n) is 5.99. The third-order valence-corrected chi connectivity index (χ3v) is 6.76. The molecule has 2 heterocycles. The Kier molecular flexibility index (Phi) is 4.46. The third kappa shape index (κ3) is 2.80. The molecule has 4 heteroatoms. The second kappa shape index (κ2) is 5.99. The Morgan fingerprint density at radius 1 is 1.50 bits per heavy atom. The van der Waals surface area contributed by atoms with Gasteiger partial charge in [-0.2, -0.15) is 11.8 Å². The molecule has 3 atom stereocenters. The topological polar surface area (TPSA) is 29.5 Å². The van der Waals surface area contributed by atoms with Crippen molar-refractivity contribution in [3.05, 3.63) is 33.8 Å². The van der Waals surface area contributed by atoms with Gasteiger partial charge in [0, 0.05) is 16.8 Å². The second-order valence-corrected chi connectivity index (χ2v) is 7.95. The largest absolute Gasteiger partial charge is 0.388 e. The van der Waals surface area contributed by atoms with E-state index in [4.69, 9.17) is 4.74 Å². The van der Waals surface area contributed by atoms with Crippen molar-refractivity contribution in [1.29, 1.82) is 0 Å². The van der Waals surface area contributed by atoms with Crippen molar-refractivity contribution in [3.63, 3.8) is 0 Å². The third-order valence-electron chi connectivity index (χ3n) is 4.67. The number of ether oxygens (including phenoxy) is 1. The first-order valence-corrected chi connectivity index (χ1v) is 9.21. The van der Waals surface area contributed by atoms with E-state index >= 15 is 0 Å². The van der Waals surface area contributed by atoms with Crippen molar-refractivity contribution >= 4 is 27.7 Å². The van der Waals surface area contributed by atoms with Crippen LogP contribution in [0.25, 0.3) is 0 Å². The zero-order chi connectivity index (χ0) is 14.2. The maximum atomic E-state index is 10.8. The van der Waals surface area contributed by atoms with Crippen molar-refractivity contribution in [1.82, 2.24) is 0 Å². The molecule has 1 spiro atoms. The van der Waals surface area contributed by atoms with E-state index in [1.165, 1.54) is 5.75 Å². The normalized spacial score (nSPS) is 31.6. The number of aliphatic hydroxyl groups excluding tert-OH is 1. The quantitative estimate of drug-likeness (QED) is 0.864. The fraction of sp³-hybridized carbons (Fsp3) is 0.625. The molecular formula is C16H21BrO2S. The van der Waals surface area contributed by atoms with Crippen LogP contribution < -0.4 is 0 Å². The summed E-state index contributed by atoms with van der Waals surface area (Å²) in [5.74, 6) is 2.60. The van der Waals surface area contributed by atoms with Crippen LogP contribution in [0.3, 0.4) is 0 Å². The Labute approximate surface area is 133 Å². The maximum absolute atomic E-state index is 10.8. The summed E-state index contributed by atoms with van der Waals surface area (Å²) in [5.41, 5.74) is 2.25. The van der Waals surface area contributed by atoms with Crippen LogP contribution in [0.2, 0.25) is 0 Å². The van der Waals surface area contributed by atoms with Crippen molar-refractivity contribution < 1.29 is 9.84 Å². The van der Waals surface area contributed by atoms with Crippen LogP contribution in [0.1, 0.15) is 36.5 Å². The summed E-state index contributed by atoms with van der Waals surface area (Å²) in [6.45, 7) is 2.86. The lowest BCUT2D eigenvalue weighted by Crippen LogP contribution is -2.41. The van der Waals surface area contributed by atoms with E-state index in [0.29, 0.717) is 5.92 Å². The summed E-state index contributed by atoms with van der Waals surface area (Å²) in [6.07, 6.45) is 2.71. The molecule has 0 aliphatic carbocycles. The van der Waals surface area contributed by atoms with Crippen LogP contribution in [-0.4, -0.2) is 28.8 Å². The van der Waals surface area contributed by atoms with Gasteiger partial charge in [-0.1, -0.05) is 28.1 Å². The van der Waals surface area contributed by atoms with Gasteiger partial charge < -0.3 is 9.84 Å². The number of halogens is 1. The summed E-state index contributed by atoms with van der Waals surface area (Å²) >= 11 is 5.54. The highest BCUT2D eigenvalue weighted by atomic mass is 79.9. The SMILES string of the molecule is Cc1c(Br)cccc1C(O)C1CCOC2(CCSC2)C1. The van der Waals surface area contributed by atoms with Crippen LogP contribution in [0.15, 0.2) is 22.7 Å². The maximum Gasteiger partial charge on any atom is 0.0823 e. The van der Waals surface area contributed by atoms with Gasteiger partial charge in [0.2, 0.25) is 0 Å². The number of hydrogen-bond donors (Lipinski definition) is 1. The minimum atomic E-state index is -0.376. The van der Waals surface area contributed by atoms with E-state index in [9.17, 15) is 5.11 Å². The molecule has 0 aromatic heterocycles. The molecule has 0 amide bonds. The Balaban J connectivity index is 1.79. The Hall–Kier alpha value is -0.0300. The summed E-state index contributed by atoms with van der Waals surface area (Å²) in [4.78, 5) is 0. The minimum Gasteiger partial charge on any atom is -0.388 e. The van der Waals surface area contributed by atoms with Crippen LogP contribution in [0, 0.1) is 12.8 Å². The van der Waals surface area contributed by atoms with Crippen LogP contribution >= 0.6 is 27.7 Å². The summed E-state index contributed by atoms with van der Waals surface area (Å²) in [7, 11) is 0. The molecule has 1 N–H and O–H groups in total. The highest BCUT2D eigenvalue weighted by molar-refractivity contribution is 9.10. The molecule has 0 radical (unpaired) electrons. The number of thioether (sulfide) groups is 1. The lowest BCUT2D eigenvalue weighted by Gasteiger charge is -2.40. The van der Waals surface area contributed by atoms with Gasteiger partial charge in [0.25, 0.3) is 0 Å². The van der Waals surface area contributed by atoms with Crippen LogP contribution in [0.4, 0.5) is 0 Å². The summed E-state index contributed by atoms with van der Waals surface area (Å²) < 4.78 is 7.13. The zero-order valence-electron chi connectivity index (χ0n) is 11.8. The smallest absolute Gasteiger partial charge is 0.0823 e. The van der Waals surface area contributed by atoms with Gasteiger partial charge in [0.15, 0.2) is 0 Å². The first-order valence-electron chi connectivity index (χ1n) is 7.26. The van der Waals surface area contributed by atoms with Crippen molar-refractivity contribution in [2.75, 3.05) is 18.1 Å². The molecule has 3 unspecified atom stereocenters. The minimum absolute atomic E-state index is 0.0362. The summed E-state index contributed by atoms with van der Waals surface area (Å²) in [6, 6.07) is 6.09. The van der Waals surface area contributed by atoms with Crippen molar-refractivity contribution in [3.8, 4) is 0 Å². The highest BCUT2D eigenvalue weighted by Gasteiger charge is 2.42. The van der Waals surface area contributed by atoms with E-state index in [1.807, 2.05) is 23.9 Å². The van der Waals surface area contributed by atoms with Crippen LogP contribution in [0.5, 0.6) is 0 Å². The summed E-state index contributed by atoms with van der Waals surface area (Å²) in [5, 5.41) is 10.8. The van der Waals surface area contributed by atoms with Gasteiger partial charge in [-0.25, -0.2) is 0 Å². The fourth-order valence-corrected chi connectivity index (χ4v) is 5.16. The van der Waals surface area contributed by atoms with E-state index in [-0.39, 0.29) is 11.7 Å². The molecular weight excluding hydrogens is 336 g/mol. The van der Waals surface area contributed by atoms with Gasteiger partial charge in [-0.05, 0) is 55.1 Å². The average Bonchev–Trinajstić information content (AvgIpc) is 2.89. The van der Waals surface area contributed by atoms with Gasteiger partial charge >= 0.3 is 0 Å². The monoisotopic (exact) mass is 356 g/mol. The zero-order valence-corrected chi connectivity index (χ0v) is 14.2. The number of rotatable bonds is 2. The fourth-order valence-electron chi connectivity index (χ4n) is 3.40. The van der Waals surface area contributed by atoms with E-state index in [1.54, 1.807) is 0 Å². The molecule has 1 aromatic rings. The van der Waals surface area contributed by atoms with Gasteiger partial charge in [0.1, 0.15) is 0 Å². The molecule has 1 aromatic carbocycles. The van der Waals surface area contributed by atoms with Gasteiger partial charge in [-0.3, -0.25) is 0 Å².